The predicted octanol–water partition coefficient (Wildman–Crippen LogP) is 6.50. The lowest BCUT2D eigenvalue weighted by Gasteiger charge is -2.23. The Balaban J connectivity index is 1.48. The van der Waals surface area contributed by atoms with Crippen molar-refractivity contribution in [1.82, 2.24) is 15.3 Å². The highest BCUT2D eigenvalue weighted by molar-refractivity contribution is 6.05. The SMILES string of the molecule is C=N/C(Oc1c(C)ccc2c(NC(=O)[C@H]3CCCC3C)cccc12)=C(\C=C/C)c1ccnc(N[C@H]2CCCNC2)n1. The average Bonchev–Trinajstić information content (AvgIpc) is 3.42. The summed E-state index contributed by atoms with van der Waals surface area (Å²) in [6, 6.07) is 12.1. The molecule has 2 fully saturated rings. The van der Waals surface area contributed by atoms with Gasteiger partial charge in [-0.1, -0.05) is 49.8 Å². The summed E-state index contributed by atoms with van der Waals surface area (Å²) in [7, 11) is 0. The number of fused-ring (bicyclic) bond motifs is 1. The number of amides is 1. The fourth-order valence-corrected chi connectivity index (χ4v) is 5.88. The van der Waals surface area contributed by atoms with Gasteiger partial charge in [-0.05, 0) is 76.4 Å². The van der Waals surface area contributed by atoms with Gasteiger partial charge in [0.15, 0.2) is 0 Å². The maximum absolute atomic E-state index is 13.1. The van der Waals surface area contributed by atoms with E-state index in [2.05, 4.69) is 39.6 Å². The number of aryl methyl sites for hydroxylation is 1. The van der Waals surface area contributed by atoms with Gasteiger partial charge >= 0.3 is 0 Å². The number of allylic oxidation sites excluding steroid dienone is 3. The Morgan fingerprint density at radius 2 is 2.02 bits per heavy atom. The molecule has 1 aliphatic carbocycles. The van der Waals surface area contributed by atoms with Gasteiger partial charge in [0.05, 0.1) is 11.3 Å². The van der Waals surface area contributed by atoms with Crippen LogP contribution in [0.4, 0.5) is 11.6 Å². The fraction of sp³-hybridized carbons (Fsp3) is 0.394. The minimum Gasteiger partial charge on any atom is -0.437 e. The number of nitrogens with one attached hydrogen (secondary N) is 3. The monoisotopic (exact) mass is 552 g/mol. The molecule has 8 nitrogen and oxygen atoms in total. The van der Waals surface area contributed by atoms with E-state index in [0.29, 0.717) is 34.8 Å². The number of benzene rings is 2. The van der Waals surface area contributed by atoms with E-state index in [4.69, 9.17) is 9.72 Å². The first kappa shape index (κ1) is 28.5. The number of carbonyl (C=O) groups excluding carboxylic acids is 1. The van der Waals surface area contributed by atoms with Gasteiger partial charge in [-0.3, -0.25) is 4.79 Å². The molecule has 1 aromatic heterocycles. The van der Waals surface area contributed by atoms with Gasteiger partial charge in [-0.2, -0.15) is 0 Å². The molecule has 214 valence electrons. The zero-order valence-corrected chi connectivity index (χ0v) is 24.2. The fourth-order valence-electron chi connectivity index (χ4n) is 5.88. The Labute approximate surface area is 242 Å². The van der Waals surface area contributed by atoms with Crippen LogP contribution in [0.2, 0.25) is 0 Å². The van der Waals surface area contributed by atoms with Crippen LogP contribution in [0.25, 0.3) is 16.3 Å². The number of ether oxygens (including phenoxy) is 1. The number of hydrogen-bond donors (Lipinski definition) is 3. The number of aromatic nitrogens is 2. The molecule has 1 aliphatic heterocycles. The van der Waals surface area contributed by atoms with Gasteiger partial charge in [-0.15, -0.1) is 0 Å². The van der Waals surface area contributed by atoms with Crippen molar-refractivity contribution in [2.24, 2.45) is 16.8 Å². The quantitative estimate of drug-likeness (QED) is 0.159. The first-order valence-corrected chi connectivity index (χ1v) is 14.6. The maximum atomic E-state index is 13.1. The predicted molar refractivity (Wildman–Crippen MR) is 167 cm³/mol. The molecule has 1 saturated heterocycles. The van der Waals surface area contributed by atoms with E-state index in [0.717, 1.165) is 67.2 Å². The standard InChI is InChI=1S/C33H40N6O2/c1-5-9-27(29-17-19-36-33(39-29)37-23-11-8-18-35-20-23)32(34-4)41-30-22(3)15-16-25-26(30)13-7-14-28(25)38-31(40)24-12-6-10-21(24)2/h5,7,9,13-17,19,21,23-24,35H,4,6,8,10-12,18,20H2,1-3H3,(H,38,40)(H,36,37,39)/b9-5-,32-27-/t21?,23-,24-/m0/s1. The molecule has 0 radical (unpaired) electrons. The molecule has 2 heterocycles. The van der Waals surface area contributed by atoms with Crippen molar-refractivity contribution in [2.45, 2.75) is 58.9 Å². The third-order valence-electron chi connectivity index (χ3n) is 8.13. The first-order chi connectivity index (χ1) is 20.0. The van der Waals surface area contributed by atoms with Gasteiger partial charge in [0, 0.05) is 41.2 Å². The number of aliphatic imine (C=N–C) groups is 1. The highest BCUT2D eigenvalue weighted by Crippen LogP contribution is 2.37. The summed E-state index contributed by atoms with van der Waals surface area (Å²) in [4.78, 5) is 26.7. The smallest absolute Gasteiger partial charge is 0.228 e. The second-order valence-electron chi connectivity index (χ2n) is 11.0. The van der Waals surface area contributed by atoms with E-state index in [9.17, 15) is 4.79 Å². The lowest BCUT2D eigenvalue weighted by Crippen LogP contribution is -2.38. The van der Waals surface area contributed by atoms with Gasteiger partial charge < -0.3 is 20.7 Å². The topological polar surface area (TPSA) is 101 Å². The van der Waals surface area contributed by atoms with Crippen molar-refractivity contribution < 1.29 is 9.53 Å². The maximum Gasteiger partial charge on any atom is 0.228 e. The third-order valence-corrected chi connectivity index (χ3v) is 8.13. The van der Waals surface area contributed by atoms with Crippen LogP contribution in [0.15, 0.2) is 65.6 Å². The molecule has 3 N–H and O–H groups in total. The summed E-state index contributed by atoms with van der Waals surface area (Å²) in [6.07, 6.45) is 10.9. The van der Waals surface area contributed by atoms with Gasteiger partial charge in [-0.25, -0.2) is 15.0 Å². The molecular weight excluding hydrogens is 512 g/mol. The van der Waals surface area contributed by atoms with E-state index in [1.165, 1.54) is 0 Å². The lowest BCUT2D eigenvalue weighted by molar-refractivity contribution is -0.120. The third kappa shape index (κ3) is 6.49. The molecule has 41 heavy (non-hydrogen) atoms. The van der Waals surface area contributed by atoms with E-state index in [1.54, 1.807) is 6.20 Å². The van der Waals surface area contributed by atoms with Crippen LogP contribution in [0.3, 0.4) is 0 Å². The van der Waals surface area contributed by atoms with E-state index in [1.807, 2.05) is 62.4 Å². The van der Waals surface area contributed by atoms with Crippen LogP contribution in [-0.4, -0.2) is 41.7 Å². The summed E-state index contributed by atoms with van der Waals surface area (Å²) >= 11 is 0. The zero-order chi connectivity index (χ0) is 28.8. The Hall–Kier alpha value is -4.04. The van der Waals surface area contributed by atoms with Gasteiger partial charge in [0.25, 0.3) is 0 Å². The largest absolute Gasteiger partial charge is 0.437 e. The summed E-state index contributed by atoms with van der Waals surface area (Å²) < 4.78 is 6.54. The molecule has 3 aromatic rings. The number of nitrogens with zero attached hydrogens (tertiary/aromatic N) is 3. The van der Waals surface area contributed by atoms with Crippen molar-refractivity contribution in [3.8, 4) is 5.75 Å². The Morgan fingerprint density at radius 1 is 1.15 bits per heavy atom. The van der Waals surface area contributed by atoms with Gasteiger partial charge in [0.2, 0.25) is 17.7 Å². The molecule has 2 aromatic carbocycles. The summed E-state index contributed by atoms with van der Waals surface area (Å²) in [6.45, 7) is 11.9. The number of anilines is 2. The molecule has 0 bridgehead atoms. The second-order valence-corrected chi connectivity index (χ2v) is 11.0. The molecule has 1 saturated carbocycles. The van der Waals surface area contributed by atoms with Crippen molar-refractivity contribution in [2.75, 3.05) is 23.7 Å². The van der Waals surface area contributed by atoms with Crippen molar-refractivity contribution in [1.29, 1.82) is 0 Å². The second kappa shape index (κ2) is 13.1. The molecule has 8 heteroatoms. The van der Waals surface area contributed by atoms with Gasteiger partial charge in [0.1, 0.15) is 5.75 Å². The van der Waals surface area contributed by atoms with Crippen LogP contribution in [0, 0.1) is 18.8 Å². The molecule has 0 spiro atoms. The van der Waals surface area contributed by atoms with E-state index >= 15 is 0 Å². The molecule has 2 aliphatic rings. The summed E-state index contributed by atoms with van der Waals surface area (Å²) in [5.41, 5.74) is 3.11. The number of hydrogen-bond acceptors (Lipinski definition) is 7. The van der Waals surface area contributed by atoms with Crippen molar-refractivity contribution >= 4 is 40.6 Å². The Kier molecular flexibility index (Phi) is 9.09. The first-order valence-electron chi connectivity index (χ1n) is 14.6. The molecule has 1 amide bonds. The molecule has 3 atom stereocenters. The Morgan fingerprint density at radius 3 is 2.76 bits per heavy atom. The Bertz CT molecular complexity index is 1470. The van der Waals surface area contributed by atoms with Crippen LogP contribution >= 0.6 is 0 Å². The minimum absolute atomic E-state index is 0.0518. The van der Waals surface area contributed by atoms with Crippen molar-refractivity contribution in [3.05, 3.63) is 71.9 Å². The lowest BCUT2D eigenvalue weighted by atomic mass is 9.97. The number of rotatable bonds is 9. The highest BCUT2D eigenvalue weighted by atomic mass is 16.5. The highest BCUT2D eigenvalue weighted by Gasteiger charge is 2.30. The summed E-state index contributed by atoms with van der Waals surface area (Å²) in [5, 5.41) is 11.9. The molecular formula is C33H40N6O2. The number of carbonyl (C=O) groups is 1. The molecule has 1 unspecified atom stereocenters. The summed E-state index contributed by atoms with van der Waals surface area (Å²) in [5.74, 6) is 2.12. The number of piperidine rings is 1. The van der Waals surface area contributed by atoms with Crippen LogP contribution in [0.5, 0.6) is 5.75 Å². The zero-order valence-electron chi connectivity index (χ0n) is 24.2. The van der Waals surface area contributed by atoms with Crippen LogP contribution < -0.4 is 20.7 Å². The van der Waals surface area contributed by atoms with Crippen LogP contribution in [-0.2, 0) is 4.79 Å². The van der Waals surface area contributed by atoms with Crippen molar-refractivity contribution in [3.63, 3.8) is 0 Å². The van der Waals surface area contributed by atoms with Crippen LogP contribution in [0.1, 0.15) is 57.2 Å². The van der Waals surface area contributed by atoms with E-state index in [-0.39, 0.29) is 17.9 Å². The normalized spacial score (nSPS) is 21.5. The molecule has 5 rings (SSSR count). The van der Waals surface area contributed by atoms with E-state index < -0.39 is 0 Å². The average molecular weight is 553 g/mol. The minimum atomic E-state index is 0.0518.